The van der Waals surface area contributed by atoms with Gasteiger partial charge >= 0.3 is 0 Å². The van der Waals surface area contributed by atoms with Gasteiger partial charge in [0.2, 0.25) is 0 Å². The lowest BCUT2D eigenvalue weighted by Gasteiger charge is -2.17. The minimum absolute atomic E-state index is 0.0546. The van der Waals surface area contributed by atoms with Crippen molar-refractivity contribution in [3.63, 3.8) is 0 Å². The quantitative estimate of drug-likeness (QED) is 0.768. The van der Waals surface area contributed by atoms with Crippen LogP contribution in [0.1, 0.15) is 27.2 Å². The van der Waals surface area contributed by atoms with Crippen LogP contribution in [0.5, 0.6) is 5.75 Å². The Morgan fingerprint density at radius 2 is 2.06 bits per heavy atom. The lowest BCUT2D eigenvalue weighted by Crippen LogP contribution is -2.30. The van der Waals surface area contributed by atoms with Gasteiger partial charge in [0.15, 0.2) is 0 Å². The number of nitrogens with one attached hydrogen (secondary N) is 1. The number of ether oxygens (including phenoxy) is 1. The molecule has 0 spiro atoms. The molecule has 0 bridgehead atoms. The largest absolute Gasteiger partial charge is 0.488 e. The summed E-state index contributed by atoms with van der Waals surface area (Å²) in [6.07, 6.45) is 1.21. The van der Waals surface area contributed by atoms with Crippen LogP contribution in [0.2, 0.25) is 0 Å². The van der Waals surface area contributed by atoms with Crippen LogP contribution in [0.25, 0.3) is 0 Å². The van der Waals surface area contributed by atoms with Crippen molar-refractivity contribution >= 4 is 15.9 Å². The second kappa shape index (κ2) is 7.74. The lowest BCUT2D eigenvalue weighted by atomic mass is 10.1. The fraction of sp³-hybridized carbons (Fsp3) is 0.571. The van der Waals surface area contributed by atoms with E-state index < -0.39 is 0 Å². The van der Waals surface area contributed by atoms with Gasteiger partial charge in [-0.3, -0.25) is 0 Å². The molecule has 1 aromatic carbocycles. The van der Waals surface area contributed by atoms with E-state index >= 15 is 0 Å². The molecule has 0 radical (unpaired) electrons. The maximum atomic E-state index is 12.9. The van der Waals surface area contributed by atoms with Crippen molar-refractivity contribution < 1.29 is 9.13 Å². The molecule has 0 aliphatic carbocycles. The molecular formula is C14H21BrFNO. The van der Waals surface area contributed by atoms with Crippen LogP contribution < -0.4 is 10.1 Å². The van der Waals surface area contributed by atoms with E-state index in [9.17, 15) is 4.39 Å². The minimum atomic E-state index is -0.267. The smallest absolute Gasteiger partial charge is 0.134 e. The molecule has 0 aromatic heterocycles. The standard InChI is InChI=1S/C14H21BrFNO/c1-10(2)6-7-17-9-11(3)18-14-5-4-12(16)8-13(14)15/h4-5,8,10-11,17H,6-7,9H2,1-3H3. The molecule has 2 nitrogen and oxygen atoms in total. The summed E-state index contributed by atoms with van der Waals surface area (Å²) in [5.74, 6) is 1.12. The van der Waals surface area contributed by atoms with E-state index in [1.807, 2.05) is 6.92 Å². The number of benzene rings is 1. The molecule has 0 aliphatic heterocycles. The maximum absolute atomic E-state index is 12.9. The molecular weight excluding hydrogens is 297 g/mol. The van der Waals surface area contributed by atoms with Crippen molar-refractivity contribution in [2.75, 3.05) is 13.1 Å². The number of rotatable bonds is 7. The molecule has 1 N–H and O–H groups in total. The van der Waals surface area contributed by atoms with Gasteiger partial charge in [-0.25, -0.2) is 4.39 Å². The highest BCUT2D eigenvalue weighted by Crippen LogP contribution is 2.26. The van der Waals surface area contributed by atoms with E-state index in [2.05, 4.69) is 35.1 Å². The third-order valence-corrected chi connectivity index (χ3v) is 3.17. The summed E-state index contributed by atoms with van der Waals surface area (Å²) in [5.41, 5.74) is 0. The van der Waals surface area contributed by atoms with Crippen LogP contribution >= 0.6 is 15.9 Å². The predicted octanol–water partition coefficient (Wildman–Crippen LogP) is 3.99. The maximum Gasteiger partial charge on any atom is 0.134 e. The molecule has 0 heterocycles. The molecule has 0 saturated heterocycles. The van der Waals surface area contributed by atoms with Gasteiger partial charge in [-0.1, -0.05) is 13.8 Å². The topological polar surface area (TPSA) is 21.3 Å². The Labute approximate surface area is 117 Å². The van der Waals surface area contributed by atoms with Gasteiger partial charge in [0, 0.05) is 6.54 Å². The zero-order valence-electron chi connectivity index (χ0n) is 11.2. The second-order valence-electron chi connectivity index (χ2n) is 4.89. The zero-order chi connectivity index (χ0) is 13.5. The minimum Gasteiger partial charge on any atom is -0.488 e. The SMILES string of the molecule is CC(C)CCNCC(C)Oc1ccc(F)cc1Br. The summed E-state index contributed by atoms with van der Waals surface area (Å²) in [5, 5.41) is 3.35. The zero-order valence-corrected chi connectivity index (χ0v) is 12.8. The monoisotopic (exact) mass is 317 g/mol. The molecule has 0 saturated carbocycles. The van der Waals surface area contributed by atoms with Crippen molar-refractivity contribution in [1.82, 2.24) is 5.32 Å². The highest BCUT2D eigenvalue weighted by Gasteiger charge is 2.07. The first-order valence-corrected chi connectivity index (χ1v) is 7.10. The first kappa shape index (κ1) is 15.4. The van der Waals surface area contributed by atoms with Crippen molar-refractivity contribution in [3.8, 4) is 5.75 Å². The fourth-order valence-electron chi connectivity index (χ4n) is 1.53. The van der Waals surface area contributed by atoms with E-state index in [-0.39, 0.29) is 11.9 Å². The first-order chi connectivity index (χ1) is 8.49. The Morgan fingerprint density at radius 1 is 1.33 bits per heavy atom. The summed E-state index contributed by atoms with van der Waals surface area (Å²) in [4.78, 5) is 0. The number of hydrogen-bond donors (Lipinski definition) is 1. The first-order valence-electron chi connectivity index (χ1n) is 6.31. The molecule has 1 atom stereocenters. The molecule has 1 aromatic rings. The molecule has 0 aliphatic rings. The molecule has 1 unspecified atom stereocenters. The van der Waals surface area contributed by atoms with Crippen LogP contribution in [-0.4, -0.2) is 19.2 Å². The Hall–Kier alpha value is -0.610. The van der Waals surface area contributed by atoms with Gasteiger partial charge in [0.25, 0.3) is 0 Å². The Kier molecular flexibility index (Phi) is 6.65. The van der Waals surface area contributed by atoms with Crippen LogP contribution in [0, 0.1) is 11.7 Å². The molecule has 0 fully saturated rings. The third kappa shape index (κ3) is 5.83. The molecule has 4 heteroatoms. The van der Waals surface area contributed by atoms with E-state index in [4.69, 9.17) is 4.74 Å². The molecule has 0 amide bonds. The van der Waals surface area contributed by atoms with E-state index in [1.54, 1.807) is 6.07 Å². The summed E-state index contributed by atoms with van der Waals surface area (Å²) in [6.45, 7) is 8.19. The van der Waals surface area contributed by atoms with Gasteiger partial charge < -0.3 is 10.1 Å². The highest BCUT2D eigenvalue weighted by atomic mass is 79.9. The molecule has 102 valence electrons. The number of hydrogen-bond acceptors (Lipinski definition) is 2. The third-order valence-electron chi connectivity index (χ3n) is 2.55. The lowest BCUT2D eigenvalue weighted by molar-refractivity contribution is 0.215. The summed E-state index contributed by atoms with van der Waals surface area (Å²) < 4.78 is 19.3. The van der Waals surface area contributed by atoms with Gasteiger partial charge in [-0.2, -0.15) is 0 Å². The van der Waals surface area contributed by atoms with Crippen LogP contribution in [-0.2, 0) is 0 Å². The predicted molar refractivity (Wildman–Crippen MR) is 76.5 cm³/mol. The Balaban J connectivity index is 2.33. The molecule has 18 heavy (non-hydrogen) atoms. The second-order valence-corrected chi connectivity index (χ2v) is 5.74. The van der Waals surface area contributed by atoms with E-state index in [1.165, 1.54) is 12.1 Å². The average molecular weight is 318 g/mol. The fourth-order valence-corrected chi connectivity index (χ4v) is 1.97. The number of halogens is 2. The highest BCUT2D eigenvalue weighted by molar-refractivity contribution is 9.10. The Bertz CT molecular complexity index is 371. The average Bonchev–Trinajstić information content (AvgIpc) is 2.28. The van der Waals surface area contributed by atoms with Gasteiger partial charge in [-0.05, 0) is 59.9 Å². The van der Waals surface area contributed by atoms with Crippen molar-refractivity contribution in [2.24, 2.45) is 5.92 Å². The van der Waals surface area contributed by atoms with E-state index in [0.717, 1.165) is 19.5 Å². The van der Waals surface area contributed by atoms with Crippen molar-refractivity contribution in [2.45, 2.75) is 33.3 Å². The summed E-state index contributed by atoms with van der Waals surface area (Å²) in [6, 6.07) is 4.46. The van der Waals surface area contributed by atoms with Gasteiger partial charge in [0.1, 0.15) is 17.7 Å². The van der Waals surface area contributed by atoms with Crippen LogP contribution in [0.4, 0.5) is 4.39 Å². The molecule has 1 rings (SSSR count). The summed E-state index contributed by atoms with van der Waals surface area (Å²) in [7, 11) is 0. The van der Waals surface area contributed by atoms with Crippen molar-refractivity contribution in [1.29, 1.82) is 0 Å². The van der Waals surface area contributed by atoms with E-state index in [0.29, 0.717) is 16.1 Å². The summed E-state index contributed by atoms with van der Waals surface area (Å²) >= 11 is 3.29. The van der Waals surface area contributed by atoms with Gasteiger partial charge in [-0.15, -0.1) is 0 Å². The normalized spacial score (nSPS) is 12.8. The van der Waals surface area contributed by atoms with Crippen LogP contribution in [0.15, 0.2) is 22.7 Å². The van der Waals surface area contributed by atoms with Gasteiger partial charge in [0.05, 0.1) is 4.47 Å². The van der Waals surface area contributed by atoms with Crippen molar-refractivity contribution in [3.05, 3.63) is 28.5 Å². The van der Waals surface area contributed by atoms with Crippen LogP contribution in [0.3, 0.4) is 0 Å². The Morgan fingerprint density at radius 3 is 2.67 bits per heavy atom.